The van der Waals surface area contributed by atoms with Crippen molar-refractivity contribution in [1.29, 1.82) is 0 Å². The van der Waals surface area contributed by atoms with E-state index in [0.29, 0.717) is 6.04 Å². The van der Waals surface area contributed by atoms with Crippen LogP contribution in [0.15, 0.2) is 41.2 Å². The normalized spacial score (nSPS) is 14.7. The lowest BCUT2D eigenvalue weighted by Crippen LogP contribution is -2.15. The summed E-state index contributed by atoms with van der Waals surface area (Å²) in [5.41, 5.74) is 3.46. The molecule has 0 saturated heterocycles. The number of nitrogens with one attached hydrogen (secondary N) is 1. The Morgan fingerprint density at radius 3 is 2.83 bits per heavy atom. The highest BCUT2D eigenvalue weighted by molar-refractivity contribution is 5.64. The maximum absolute atomic E-state index is 5.41. The maximum Gasteiger partial charge on any atom is 0.123 e. The lowest BCUT2D eigenvalue weighted by molar-refractivity contribution is 0.407. The van der Waals surface area contributed by atoms with E-state index in [0.717, 1.165) is 23.4 Å². The second kappa shape index (κ2) is 4.86. The van der Waals surface area contributed by atoms with Crippen LogP contribution in [0.1, 0.15) is 18.4 Å². The van der Waals surface area contributed by atoms with E-state index < -0.39 is 0 Å². The van der Waals surface area contributed by atoms with E-state index >= 15 is 0 Å². The topological polar surface area (TPSA) is 34.4 Å². The molecular weight excluding hydrogens is 226 g/mol. The molecular formula is C15H17NO2. The SMILES string of the molecule is COc1ccc(-c2ccoc2)cc1CNC1CC1. The second-order valence-electron chi connectivity index (χ2n) is 4.69. The first-order chi connectivity index (χ1) is 8.86. The average molecular weight is 243 g/mol. The third kappa shape index (κ3) is 2.41. The maximum atomic E-state index is 5.41. The van der Waals surface area contributed by atoms with E-state index in [-0.39, 0.29) is 0 Å². The molecule has 1 aromatic carbocycles. The van der Waals surface area contributed by atoms with Gasteiger partial charge in [-0.3, -0.25) is 0 Å². The minimum absolute atomic E-state index is 0.701. The first kappa shape index (κ1) is 11.4. The Morgan fingerprint density at radius 2 is 2.17 bits per heavy atom. The van der Waals surface area contributed by atoms with E-state index in [2.05, 4.69) is 17.4 Å². The van der Waals surface area contributed by atoms with Crippen molar-refractivity contribution in [1.82, 2.24) is 5.32 Å². The molecule has 18 heavy (non-hydrogen) atoms. The minimum atomic E-state index is 0.701. The molecule has 0 amide bonds. The fourth-order valence-electron chi connectivity index (χ4n) is 2.07. The van der Waals surface area contributed by atoms with Crippen molar-refractivity contribution in [2.24, 2.45) is 0 Å². The second-order valence-corrected chi connectivity index (χ2v) is 4.69. The fraction of sp³-hybridized carbons (Fsp3) is 0.333. The molecule has 1 saturated carbocycles. The minimum Gasteiger partial charge on any atom is -0.496 e. The van der Waals surface area contributed by atoms with Gasteiger partial charge in [-0.25, -0.2) is 0 Å². The number of hydrogen-bond donors (Lipinski definition) is 1. The number of benzene rings is 1. The molecule has 1 aliphatic rings. The Balaban J connectivity index is 1.85. The van der Waals surface area contributed by atoms with Gasteiger partial charge in [-0.2, -0.15) is 0 Å². The Hall–Kier alpha value is -1.74. The van der Waals surface area contributed by atoms with Gasteiger partial charge >= 0.3 is 0 Å². The molecule has 3 nitrogen and oxygen atoms in total. The van der Waals surface area contributed by atoms with Crippen LogP contribution in [0.3, 0.4) is 0 Å². The highest BCUT2D eigenvalue weighted by Crippen LogP contribution is 2.28. The van der Waals surface area contributed by atoms with Gasteiger partial charge < -0.3 is 14.5 Å². The zero-order chi connectivity index (χ0) is 12.4. The predicted molar refractivity (Wildman–Crippen MR) is 70.6 cm³/mol. The molecule has 1 N–H and O–H groups in total. The van der Waals surface area contributed by atoms with E-state index in [9.17, 15) is 0 Å². The summed E-state index contributed by atoms with van der Waals surface area (Å²) >= 11 is 0. The van der Waals surface area contributed by atoms with Crippen LogP contribution in [0.4, 0.5) is 0 Å². The van der Waals surface area contributed by atoms with E-state index in [1.165, 1.54) is 18.4 Å². The van der Waals surface area contributed by atoms with E-state index in [1.807, 2.05) is 12.1 Å². The lowest BCUT2D eigenvalue weighted by Gasteiger charge is -2.11. The molecule has 0 unspecified atom stereocenters. The summed E-state index contributed by atoms with van der Waals surface area (Å²) in [5, 5.41) is 3.52. The molecule has 2 aromatic rings. The van der Waals surface area contributed by atoms with Gasteiger partial charge in [0.25, 0.3) is 0 Å². The molecule has 0 aliphatic heterocycles. The number of rotatable bonds is 5. The van der Waals surface area contributed by atoms with Crippen molar-refractivity contribution in [2.45, 2.75) is 25.4 Å². The molecule has 1 aromatic heterocycles. The van der Waals surface area contributed by atoms with Crippen LogP contribution < -0.4 is 10.1 Å². The van der Waals surface area contributed by atoms with Crippen LogP contribution in [-0.2, 0) is 6.54 Å². The molecule has 1 heterocycles. The predicted octanol–water partition coefficient (Wildman–Crippen LogP) is 3.21. The molecule has 0 radical (unpaired) electrons. The molecule has 1 aliphatic carbocycles. The number of hydrogen-bond acceptors (Lipinski definition) is 3. The average Bonchev–Trinajstić information content (AvgIpc) is 3.08. The Morgan fingerprint density at radius 1 is 1.28 bits per heavy atom. The summed E-state index contributed by atoms with van der Waals surface area (Å²) < 4.78 is 10.5. The van der Waals surface area contributed by atoms with Crippen LogP contribution in [0.25, 0.3) is 11.1 Å². The zero-order valence-electron chi connectivity index (χ0n) is 10.5. The zero-order valence-corrected chi connectivity index (χ0v) is 10.5. The van der Waals surface area contributed by atoms with Gasteiger partial charge in [0.2, 0.25) is 0 Å². The number of methoxy groups -OCH3 is 1. The van der Waals surface area contributed by atoms with Gasteiger partial charge in [0, 0.05) is 23.7 Å². The van der Waals surface area contributed by atoms with E-state index in [4.69, 9.17) is 9.15 Å². The van der Waals surface area contributed by atoms with E-state index in [1.54, 1.807) is 19.6 Å². The highest BCUT2D eigenvalue weighted by atomic mass is 16.5. The van der Waals surface area contributed by atoms with Crippen molar-refractivity contribution >= 4 is 0 Å². The van der Waals surface area contributed by atoms with Gasteiger partial charge in [-0.15, -0.1) is 0 Å². The van der Waals surface area contributed by atoms with Gasteiger partial charge in [0.05, 0.1) is 19.6 Å². The molecule has 0 bridgehead atoms. The highest BCUT2D eigenvalue weighted by Gasteiger charge is 2.20. The Labute approximate surface area is 107 Å². The van der Waals surface area contributed by atoms with Crippen LogP contribution >= 0.6 is 0 Å². The summed E-state index contributed by atoms with van der Waals surface area (Å²) in [5.74, 6) is 0.940. The van der Waals surface area contributed by atoms with Crippen molar-refractivity contribution in [3.63, 3.8) is 0 Å². The Bertz CT molecular complexity index is 515. The largest absolute Gasteiger partial charge is 0.496 e. The monoisotopic (exact) mass is 243 g/mol. The smallest absolute Gasteiger partial charge is 0.123 e. The fourth-order valence-corrected chi connectivity index (χ4v) is 2.07. The van der Waals surface area contributed by atoms with Crippen molar-refractivity contribution in [3.05, 3.63) is 42.4 Å². The van der Waals surface area contributed by atoms with Gasteiger partial charge in [0.1, 0.15) is 5.75 Å². The van der Waals surface area contributed by atoms with Gasteiger partial charge in [0.15, 0.2) is 0 Å². The Kier molecular flexibility index (Phi) is 3.07. The van der Waals surface area contributed by atoms with Crippen molar-refractivity contribution < 1.29 is 9.15 Å². The number of ether oxygens (including phenoxy) is 1. The standard InChI is InChI=1S/C15H17NO2/c1-17-15-5-2-11(12-6-7-18-10-12)8-13(15)9-16-14-3-4-14/h2,5-8,10,14,16H,3-4,9H2,1H3. The summed E-state index contributed by atoms with van der Waals surface area (Å²) in [4.78, 5) is 0. The summed E-state index contributed by atoms with van der Waals surface area (Å²) in [6.45, 7) is 0.861. The summed E-state index contributed by atoms with van der Waals surface area (Å²) in [7, 11) is 1.72. The summed E-state index contributed by atoms with van der Waals surface area (Å²) in [6, 6.07) is 8.92. The number of furan rings is 1. The van der Waals surface area contributed by atoms with Gasteiger partial charge in [-0.05, 0) is 36.6 Å². The van der Waals surface area contributed by atoms with Crippen LogP contribution in [-0.4, -0.2) is 13.2 Å². The first-order valence-electron chi connectivity index (χ1n) is 6.29. The van der Waals surface area contributed by atoms with Gasteiger partial charge in [-0.1, -0.05) is 6.07 Å². The molecule has 3 heteroatoms. The quantitative estimate of drug-likeness (QED) is 0.875. The van der Waals surface area contributed by atoms with Crippen molar-refractivity contribution in [2.75, 3.05) is 7.11 Å². The van der Waals surface area contributed by atoms with Crippen LogP contribution in [0, 0.1) is 0 Å². The molecule has 94 valence electrons. The first-order valence-corrected chi connectivity index (χ1v) is 6.29. The molecule has 1 fully saturated rings. The molecule has 0 atom stereocenters. The molecule has 3 rings (SSSR count). The van der Waals surface area contributed by atoms with Crippen LogP contribution in [0.5, 0.6) is 5.75 Å². The third-order valence-electron chi connectivity index (χ3n) is 3.29. The third-order valence-corrected chi connectivity index (χ3v) is 3.29. The summed E-state index contributed by atoms with van der Waals surface area (Å²) in [6.07, 6.45) is 6.05. The lowest BCUT2D eigenvalue weighted by atomic mass is 10.0. The van der Waals surface area contributed by atoms with Crippen molar-refractivity contribution in [3.8, 4) is 16.9 Å². The van der Waals surface area contributed by atoms with Crippen LogP contribution in [0.2, 0.25) is 0 Å². The molecule has 0 spiro atoms.